The Morgan fingerprint density at radius 1 is 1.38 bits per heavy atom. The Morgan fingerprint density at radius 3 is 2.50 bits per heavy atom. The van der Waals surface area contributed by atoms with Crippen LogP contribution in [0.4, 0.5) is 0 Å². The van der Waals surface area contributed by atoms with E-state index in [1.165, 1.54) is 0 Å². The van der Waals surface area contributed by atoms with Crippen molar-refractivity contribution in [3.63, 3.8) is 0 Å². The van der Waals surface area contributed by atoms with E-state index in [-0.39, 0.29) is 5.56 Å². The third-order valence-electron chi connectivity index (χ3n) is 1.96. The number of aromatic amines is 1. The number of rotatable bonds is 0. The lowest BCUT2D eigenvalue weighted by Crippen LogP contribution is -2.13. The molecule has 0 aliphatic rings. The van der Waals surface area contributed by atoms with E-state index in [1.807, 2.05) is 6.92 Å². The van der Waals surface area contributed by atoms with Crippen molar-refractivity contribution in [1.82, 2.24) is 14.8 Å². The van der Waals surface area contributed by atoms with E-state index in [0.717, 1.165) is 22.5 Å². The first kappa shape index (κ1) is 12.5. The Balaban J connectivity index is 0.000000280. The molecule has 0 amide bonds. The minimum absolute atomic E-state index is 0.0221. The van der Waals surface area contributed by atoms with Crippen LogP contribution in [0.2, 0.25) is 0 Å². The van der Waals surface area contributed by atoms with Gasteiger partial charge in [-0.05, 0) is 12.8 Å². The number of aromatic nitrogens is 3. The van der Waals surface area contributed by atoms with Gasteiger partial charge in [0.15, 0.2) is 0 Å². The topological polar surface area (TPSA) is 50.7 Å². The van der Waals surface area contributed by atoms with Crippen molar-refractivity contribution in [3.8, 4) is 0 Å². The number of hydrogen-bond donors (Lipinski definition) is 1. The van der Waals surface area contributed by atoms with Crippen LogP contribution in [-0.4, -0.2) is 14.8 Å². The van der Waals surface area contributed by atoms with Crippen LogP contribution in [0.1, 0.15) is 26.5 Å². The summed E-state index contributed by atoms with van der Waals surface area (Å²) in [5.41, 5.74) is 1.70. The van der Waals surface area contributed by atoms with Crippen molar-refractivity contribution in [2.75, 3.05) is 0 Å². The van der Waals surface area contributed by atoms with Crippen LogP contribution in [0.3, 0.4) is 0 Å². The van der Waals surface area contributed by atoms with E-state index in [4.69, 9.17) is 0 Å². The van der Waals surface area contributed by atoms with Gasteiger partial charge in [-0.2, -0.15) is 5.10 Å². The van der Waals surface area contributed by atoms with Gasteiger partial charge in [-0.3, -0.25) is 9.89 Å². The standard InChI is InChI=1S/C8H9N3O.C4H10/c1-5-6-4-11(2)8(12)3-7(6)10-9-5;1-4(2)3/h3-4,10H,1-2H3;4H,1-3H3. The van der Waals surface area contributed by atoms with Gasteiger partial charge in [0.05, 0.1) is 11.2 Å². The largest absolute Gasteiger partial charge is 0.318 e. The molecule has 0 saturated heterocycles. The van der Waals surface area contributed by atoms with Crippen molar-refractivity contribution in [2.24, 2.45) is 13.0 Å². The van der Waals surface area contributed by atoms with Crippen LogP contribution < -0.4 is 5.56 Å². The van der Waals surface area contributed by atoms with Crippen molar-refractivity contribution in [1.29, 1.82) is 0 Å². The molecule has 0 bridgehead atoms. The second-order valence-corrected chi connectivity index (χ2v) is 4.59. The summed E-state index contributed by atoms with van der Waals surface area (Å²) in [6.07, 6.45) is 1.79. The summed E-state index contributed by atoms with van der Waals surface area (Å²) in [6.45, 7) is 8.41. The van der Waals surface area contributed by atoms with Crippen LogP contribution in [0.15, 0.2) is 17.1 Å². The summed E-state index contributed by atoms with van der Waals surface area (Å²) in [6, 6.07) is 1.55. The van der Waals surface area contributed by atoms with Gasteiger partial charge in [-0.1, -0.05) is 20.8 Å². The molecule has 0 spiro atoms. The van der Waals surface area contributed by atoms with E-state index in [0.29, 0.717) is 0 Å². The molecule has 0 fully saturated rings. The highest BCUT2D eigenvalue weighted by atomic mass is 16.1. The Kier molecular flexibility index (Phi) is 3.88. The van der Waals surface area contributed by atoms with E-state index in [1.54, 1.807) is 23.9 Å². The predicted octanol–water partition coefficient (Wildman–Crippen LogP) is 2.23. The lowest BCUT2D eigenvalue weighted by molar-refractivity contribution is 0.737. The van der Waals surface area contributed by atoms with Gasteiger partial charge < -0.3 is 4.57 Å². The number of nitrogens with zero attached hydrogens (tertiary/aromatic N) is 2. The van der Waals surface area contributed by atoms with Gasteiger partial charge >= 0.3 is 0 Å². The number of H-pyrrole nitrogens is 1. The minimum atomic E-state index is -0.0221. The molecule has 0 unspecified atom stereocenters. The fraction of sp³-hybridized carbons (Fsp3) is 0.500. The Labute approximate surface area is 95.3 Å². The molecule has 0 aliphatic carbocycles. The number of hydrogen-bond acceptors (Lipinski definition) is 2. The van der Waals surface area contributed by atoms with Gasteiger partial charge in [0.25, 0.3) is 5.56 Å². The second-order valence-electron chi connectivity index (χ2n) is 4.59. The van der Waals surface area contributed by atoms with E-state index >= 15 is 0 Å². The monoisotopic (exact) mass is 221 g/mol. The molecule has 2 aromatic heterocycles. The summed E-state index contributed by atoms with van der Waals surface area (Å²) >= 11 is 0. The van der Waals surface area contributed by atoms with Gasteiger partial charge in [-0.15, -0.1) is 0 Å². The molecule has 4 heteroatoms. The highest BCUT2D eigenvalue weighted by Crippen LogP contribution is 2.10. The van der Waals surface area contributed by atoms with Crippen LogP contribution in [0.25, 0.3) is 10.9 Å². The molecule has 2 rings (SSSR count). The second kappa shape index (κ2) is 4.96. The van der Waals surface area contributed by atoms with Gasteiger partial charge in [0, 0.05) is 24.7 Å². The van der Waals surface area contributed by atoms with Crippen molar-refractivity contribution in [3.05, 3.63) is 28.3 Å². The molecule has 0 aliphatic heterocycles. The first-order valence-corrected chi connectivity index (χ1v) is 5.43. The highest BCUT2D eigenvalue weighted by Gasteiger charge is 2.01. The number of pyridine rings is 1. The highest BCUT2D eigenvalue weighted by molar-refractivity contribution is 5.79. The summed E-state index contributed by atoms with van der Waals surface area (Å²) in [5, 5.41) is 7.79. The fourth-order valence-corrected chi connectivity index (χ4v) is 1.21. The zero-order valence-corrected chi connectivity index (χ0v) is 10.5. The van der Waals surface area contributed by atoms with Crippen LogP contribution in [-0.2, 0) is 7.05 Å². The van der Waals surface area contributed by atoms with Crippen LogP contribution in [0, 0.1) is 12.8 Å². The molecule has 0 aromatic carbocycles. The van der Waals surface area contributed by atoms with Crippen LogP contribution >= 0.6 is 0 Å². The fourth-order valence-electron chi connectivity index (χ4n) is 1.21. The summed E-state index contributed by atoms with van der Waals surface area (Å²) in [5.74, 6) is 0.833. The maximum absolute atomic E-state index is 11.2. The lowest BCUT2D eigenvalue weighted by atomic mass is 10.3. The average molecular weight is 221 g/mol. The summed E-state index contributed by atoms with van der Waals surface area (Å²) < 4.78 is 1.55. The molecular formula is C12H19N3O. The molecule has 88 valence electrons. The zero-order valence-electron chi connectivity index (χ0n) is 10.5. The minimum Gasteiger partial charge on any atom is -0.318 e. The van der Waals surface area contributed by atoms with E-state index in [9.17, 15) is 4.79 Å². The maximum Gasteiger partial charge on any atom is 0.252 e. The third-order valence-corrected chi connectivity index (χ3v) is 1.96. The number of nitrogens with one attached hydrogen (secondary N) is 1. The van der Waals surface area contributed by atoms with E-state index in [2.05, 4.69) is 31.0 Å². The molecule has 4 nitrogen and oxygen atoms in total. The van der Waals surface area contributed by atoms with Gasteiger partial charge in [-0.25, -0.2) is 0 Å². The molecular weight excluding hydrogens is 202 g/mol. The molecule has 16 heavy (non-hydrogen) atoms. The lowest BCUT2D eigenvalue weighted by Gasteiger charge is -1.95. The Morgan fingerprint density at radius 2 is 1.94 bits per heavy atom. The van der Waals surface area contributed by atoms with Crippen LogP contribution in [0.5, 0.6) is 0 Å². The molecule has 0 saturated carbocycles. The first-order valence-electron chi connectivity index (χ1n) is 5.43. The zero-order chi connectivity index (χ0) is 12.3. The van der Waals surface area contributed by atoms with Gasteiger partial charge in [0.1, 0.15) is 0 Å². The van der Waals surface area contributed by atoms with Crippen molar-refractivity contribution < 1.29 is 0 Å². The molecule has 2 heterocycles. The molecule has 0 atom stereocenters. The smallest absolute Gasteiger partial charge is 0.252 e. The van der Waals surface area contributed by atoms with Gasteiger partial charge in [0.2, 0.25) is 0 Å². The molecule has 1 N–H and O–H groups in total. The summed E-state index contributed by atoms with van der Waals surface area (Å²) in [7, 11) is 1.73. The van der Waals surface area contributed by atoms with Crippen molar-refractivity contribution >= 4 is 10.9 Å². The maximum atomic E-state index is 11.2. The van der Waals surface area contributed by atoms with E-state index < -0.39 is 0 Å². The first-order chi connectivity index (χ1) is 7.41. The summed E-state index contributed by atoms with van der Waals surface area (Å²) in [4.78, 5) is 11.2. The Hall–Kier alpha value is -1.58. The molecule has 2 aromatic rings. The predicted molar refractivity (Wildman–Crippen MR) is 66.6 cm³/mol. The molecule has 0 radical (unpaired) electrons. The third kappa shape index (κ3) is 2.95. The Bertz CT molecular complexity index is 520. The van der Waals surface area contributed by atoms with Crippen molar-refractivity contribution in [2.45, 2.75) is 27.7 Å². The SMILES string of the molecule is CC(C)C.Cc1n[nH]c2cc(=O)n(C)cc12. The number of aryl methyl sites for hydroxylation is 2. The number of fused-ring (bicyclic) bond motifs is 1. The quantitative estimate of drug-likeness (QED) is 0.741. The average Bonchev–Trinajstić information content (AvgIpc) is 2.49. The normalized spacial score (nSPS) is 10.4.